The van der Waals surface area contributed by atoms with Crippen LogP contribution in [0.2, 0.25) is 0 Å². The lowest BCUT2D eigenvalue weighted by atomic mass is 9.72. The lowest BCUT2D eigenvalue weighted by Crippen LogP contribution is -2.48. The van der Waals surface area contributed by atoms with Crippen molar-refractivity contribution >= 4 is 5.91 Å². The third-order valence-electron chi connectivity index (χ3n) is 5.07. The average Bonchev–Trinajstić information content (AvgIpc) is 2.46. The van der Waals surface area contributed by atoms with Crippen molar-refractivity contribution in [1.82, 2.24) is 9.80 Å². The van der Waals surface area contributed by atoms with Gasteiger partial charge in [0, 0.05) is 32.3 Å². The molecule has 3 heteroatoms. The molecule has 0 radical (unpaired) electrons. The topological polar surface area (TPSA) is 23.6 Å². The highest BCUT2D eigenvalue weighted by Crippen LogP contribution is 2.40. The third-order valence-corrected chi connectivity index (χ3v) is 5.07. The van der Waals surface area contributed by atoms with E-state index in [0.717, 1.165) is 32.7 Å². The van der Waals surface area contributed by atoms with E-state index in [4.69, 9.17) is 0 Å². The Bertz CT molecular complexity index is 440. The lowest BCUT2D eigenvalue weighted by Gasteiger charge is -2.34. The van der Waals surface area contributed by atoms with Crippen LogP contribution in [0.25, 0.3) is 0 Å². The molecule has 0 spiro atoms. The molecule has 0 N–H and O–H groups in total. The van der Waals surface area contributed by atoms with Gasteiger partial charge in [0.25, 0.3) is 0 Å². The average molecular weight is 290 g/mol. The first-order chi connectivity index (χ1) is 9.94. The van der Waals surface area contributed by atoms with Gasteiger partial charge < -0.3 is 9.80 Å². The smallest absolute Gasteiger partial charge is 0.246 e. The molecule has 0 saturated carbocycles. The first-order valence-corrected chi connectivity index (χ1v) is 8.33. The quantitative estimate of drug-likeness (QED) is 0.745. The Labute approximate surface area is 129 Å². The summed E-state index contributed by atoms with van der Waals surface area (Å²) >= 11 is 0. The second-order valence-corrected chi connectivity index (χ2v) is 7.02. The molecule has 0 aromatic carbocycles. The van der Waals surface area contributed by atoms with Crippen molar-refractivity contribution < 1.29 is 4.79 Å². The zero-order valence-electron chi connectivity index (χ0n) is 14.1. The summed E-state index contributed by atoms with van der Waals surface area (Å²) in [7, 11) is 0. The van der Waals surface area contributed by atoms with Gasteiger partial charge in [0.15, 0.2) is 0 Å². The molecule has 21 heavy (non-hydrogen) atoms. The molecule has 0 aromatic rings. The number of hydrogen-bond acceptors (Lipinski definition) is 2. The van der Waals surface area contributed by atoms with E-state index in [1.807, 2.05) is 4.90 Å². The highest BCUT2D eigenvalue weighted by atomic mass is 16.2. The van der Waals surface area contributed by atoms with Gasteiger partial charge in [0.2, 0.25) is 5.91 Å². The fraction of sp³-hybridized carbons (Fsp3) is 0.722. The van der Waals surface area contributed by atoms with Crippen molar-refractivity contribution in [1.29, 1.82) is 0 Å². The maximum Gasteiger partial charge on any atom is 0.246 e. The number of rotatable bonds is 3. The summed E-state index contributed by atoms with van der Waals surface area (Å²) in [6.07, 6.45) is 7.54. The summed E-state index contributed by atoms with van der Waals surface area (Å²) < 4.78 is 0. The summed E-state index contributed by atoms with van der Waals surface area (Å²) in [6, 6.07) is 0. The summed E-state index contributed by atoms with van der Waals surface area (Å²) in [5, 5.41) is 0. The Hall–Kier alpha value is -1.09. The van der Waals surface area contributed by atoms with Crippen molar-refractivity contribution in [3.8, 4) is 0 Å². The molecular formula is C18H30N2O. The number of amides is 1. The molecule has 2 rings (SSSR count). The van der Waals surface area contributed by atoms with Crippen LogP contribution in [-0.4, -0.2) is 48.4 Å². The van der Waals surface area contributed by atoms with Gasteiger partial charge in [-0.25, -0.2) is 0 Å². The Kier molecular flexibility index (Phi) is 5.26. The number of carbonyl (C=O) groups excluding carboxylic acids is 1. The fourth-order valence-corrected chi connectivity index (χ4v) is 3.55. The molecule has 3 nitrogen and oxygen atoms in total. The number of piperazine rings is 1. The molecule has 2 aliphatic rings. The number of carbonyl (C=O) groups is 1. The standard InChI is InChI=1S/C18H30N2O/c1-5-19-11-13-20(14-12-19)17(21)9-8-16-15(2)7-6-10-18(16,3)4/h8-9H,5-7,10-14H2,1-4H3. The maximum atomic E-state index is 12.4. The first-order valence-electron chi connectivity index (χ1n) is 8.33. The van der Waals surface area contributed by atoms with Crippen LogP contribution in [0, 0.1) is 5.41 Å². The predicted octanol–water partition coefficient (Wildman–Crippen LogP) is 3.23. The Balaban J connectivity index is 1.99. The number of nitrogens with zero attached hydrogens (tertiary/aromatic N) is 2. The fourth-order valence-electron chi connectivity index (χ4n) is 3.55. The maximum absolute atomic E-state index is 12.4. The van der Waals surface area contributed by atoms with Gasteiger partial charge in [0.05, 0.1) is 0 Å². The zero-order valence-corrected chi connectivity index (χ0v) is 14.1. The highest BCUT2D eigenvalue weighted by Gasteiger charge is 2.27. The van der Waals surface area contributed by atoms with Crippen LogP contribution in [0.3, 0.4) is 0 Å². The SMILES string of the molecule is CCN1CCN(C(=O)C=CC2=C(C)CCCC2(C)C)CC1. The number of allylic oxidation sites excluding steroid dienone is 3. The molecule has 1 saturated heterocycles. The van der Waals surface area contributed by atoms with Crippen LogP contribution >= 0.6 is 0 Å². The van der Waals surface area contributed by atoms with E-state index in [0.29, 0.717) is 0 Å². The summed E-state index contributed by atoms with van der Waals surface area (Å²) in [6.45, 7) is 13.8. The van der Waals surface area contributed by atoms with Gasteiger partial charge in [-0.15, -0.1) is 0 Å². The minimum absolute atomic E-state index is 0.174. The van der Waals surface area contributed by atoms with E-state index >= 15 is 0 Å². The highest BCUT2D eigenvalue weighted by molar-refractivity contribution is 5.88. The summed E-state index contributed by atoms with van der Waals surface area (Å²) in [5.41, 5.74) is 3.03. The largest absolute Gasteiger partial charge is 0.337 e. The van der Waals surface area contributed by atoms with Crippen molar-refractivity contribution in [2.24, 2.45) is 5.41 Å². The Morgan fingerprint density at radius 2 is 1.90 bits per heavy atom. The van der Waals surface area contributed by atoms with E-state index in [1.165, 1.54) is 30.4 Å². The van der Waals surface area contributed by atoms with E-state index in [9.17, 15) is 4.79 Å². The van der Waals surface area contributed by atoms with Crippen LogP contribution in [-0.2, 0) is 4.79 Å². The Morgan fingerprint density at radius 3 is 2.48 bits per heavy atom. The van der Waals surface area contributed by atoms with Crippen molar-refractivity contribution in [3.63, 3.8) is 0 Å². The van der Waals surface area contributed by atoms with E-state index in [1.54, 1.807) is 6.08 Å². The first kappa shape index (κ1) is 16.3. The second-order valence-electron chi connectivity index (χ2n) is 7.02. The second kappa shape index (κ2) is 6.78. The van der Waals surface area contributed by atoms with Crippen LogP contribution < -0.4 is 0 Å². The lowest BCUT2D eigenvalue weighted by molar-refractivity contribution is -0.127. The normalized spacial score (nSPS) is 23.9. The van der Waals surface area contributed by atoms with Gasteiger partial charge in [-0.3, -0.25) is 4.79 Å². The molecule has 1 fully saturated rings. The van der Waals surface area contributed by atoms with Crippen LogP contribution in [0.5, 0.6) is 0 Å². The van der Waals surface area contributed by atoms with Crippen LogP contribution in [0.1, 0.15) is 47.0 Å². The van der Waals surface area contributed by atoms with Crippen LogP contribution in [0.4, 0.5) is 0 Å². The Morgan fingerprint density at radius 1 is 1.24 bits per heavy atom. The molecule has 1 heterocycles. The van der Waals surface area contributed by atoms with Gasteiger partial charge in [-0.05, 0) is 43.7 Å². The minimum Gasteiger partial charge on any atom is -0.337 e. The molecule has 1 amide bonds. The van der Waals surface area contributed by atoms with Gasteiger partial charge in [0.1, 0.15) is 0 Å². The van der Waals surface area contributed by atoms with E-state index < -0.39 is 0 Å². The van der Waals surface area contributed by atoms with Gasteiger partial charge in [-0.1, -0.05) is 32.4 Å². The zero-order chi connectivity index (χ0) is 15.5. The molecule has 0 atom stereocenters. The molecule has 0 unspecified atom stereocenters. The van der Waals surface area contributed by atoms with Crippen molar-refractivity contribution in [2.45, 2.75) is 47.0 Å². The number of likely N-dealkylation sites (N-methyl/N-ethyl adjacent to an activating group) is 1. The van der Waals surface area contributed by atoms with Crippen molar-refractivity contribution in [2.75, 3.05) is 32.7 Å². The molecule has 1 aliphatic carbocycles. The molecular weight excluding hydrogens is 260 g/mol. The predicted molar refractivity (Wildman–Crippen MR) is 88.2 cm³/mol. The summed E-state index contributed by atoms with van der Waals surface area (Å²) in [5.74, 6) is 0.174. The monoisotopic (exact) mass is 290 g/mol. The number of hydrogen-bond donors (Lipinski definition) is 0. The minimum atomic E-state index is 0.174. The van der Waals surface area contributed by atoms with Gasteiger partial charge in [-0.2, -0.15) is 0 Å². The van der Waals surface area contributed by atoms with E-state index in [-0.39, 0.29) is 11.3 Å². The molecule has 1 aliphatic heterocycles. The summed E-state index contributed by atoms with van der Waals surface area (Å²) in [4.78, 5) is 16.7. The third kappa shape index (κ3) is 3.97. The molecule has 0 aromatic heterocycles. The van der Waals surface area contributed by atoms with Gasteiger partial charge >= 0.3 is 0 Å². The molecule has 0 bridgehead atoms. The van der Waals surface area contributed by atoms with Crippen LogP contribution in [0.15, 0.2) is 23.3 Å². The van der Waals surface area contributed by atoms with E-state index in [2.05, 4.69) is 38.7 Å². The van der Waals surface area contributed by atoms with Crippen molar-refractivity contribution in [3.05, 3.63) is 23.3 Å². The molecule has 118 valence electrons.